The lowest BCUT2D eigenvalue weighted by Crippen LogP contribution is -2.24. The Morgan fingerprint density at radius 2 is 2.17 bits per heavy atom. The molecule has 1 fully saturated rings. The van der Waals surface area contributed by atoms with Crippen LogP contribution in [0.2, 0.25) is 0 Å². The number of rotatable bonds is 4. The van der Waals surface area contributed by atoms with Gasteiger partial charge in [0.25, 0.3) is 0 Å². The van der Waals surface area contributed by atoms with E-state index in [2.05, 4.69) is 5.32 Å². The lowest BCUT2D eigenvalue weighted by molar-refractivity contribution is 0.0595. The van der Waals surface area contributed by atoms with Gasteiger partial charge in [0.1, 0.15) is 0 Å². The molecule has 1 heterocycles. The largest absolute Gasteiger partial charge is 0.384 e. The van der Waals surface area contributed by atoms with Crippen LogP contribution < -0.4 is 5.32 Å². The highest BCUT2D eigenvalue weighted by Crippen LogP contribution is 2.22. The summed E-state index contributed by atoms with van der Waals surface area (Å²) < 4.78 is 28.7. The van der Waals surface area contributed by atoms with Crippen molar-refractivity contribution in [1.29, 1.82) is 0 Å². The smallest absolute Gasteiger partial charge is 0.177 e. The Balaban J connectivity index is 2.05. The normalized spacial score (nSPS) is 20.6. The van der Waals surface area contributed by atoms with E-state index in [4.69, 9.17) is 4.74 Å². The zero-order valence-corrected chi connectivity index (χ0v) is 11.4. The van der Waals surface area contributed by atoms with Crippen LogP contribution in [0.25, 0.3) is 0 Å². The lowest BCUT2D eigenvalue weighted by atomic mass is 10.0. The second-order valence-corrected chi connectivity index (χ2v) is 6.72. The van der Waals surface area contributed by atoms with Gasteiger partial charge < -0.3 is 10.1 Å². The van der Waals surface area contributed by atoms with Crippen molar-refractivity contribution in [2.75, 3.05) is 31.3 Å². The summed E-state index contributed by atoms with van der Waals surface area (Å²) in [5.41, 5.74) is 0.686. The summed E-state index contributed by atoms with van der Waals surface area (Å²) in [6.07, 6.45) is 3.45. The van der Waals surface area contributed by atoms with Crippen LogP contribution >= 0.6 is 0 Å². The first-order chi connectivity index (χ1) is 8.57. The second-order valence-electron chi connectivity index (χ2n) is 4.73. The molecule has 1 aliphatic rings. The van der Waals surface area contributed by atoms with Crippen LogP contribution in [0.3, 0.4) is 0 Å². The highest BCUT2D eigenvalue weighted by atomic mass is 32.2. The van der Waals surface area contributed by atoms with Crippen LogP contribution in [-0.4, -0.2) is 34.4 Å². The molecule has 1 atom stereocenters. The maximum Gasteiger partial charge on any atom is 0.177 e. The van der Waals surface area contributed by atoms with Crippen molar-refractivity contribution in [1.82, 2.24) is 0 Å². The molecule has 0 saturated carbocycles. The molecule has 0 bridgehead atoms. The monoisotopic (exact) mass is 269 g/mol. The Morgan fingerprint density at radius 3 is 2.83 bits per heavy atom. The van der Waals surface area contributed by atoms with Gasteiger partial charge in [-0.2, -0.15) is 0 Å². The van der Waals surface area contributed by atoms with Gasteiger partial charge in [0, 0.05) is 19.4 Å². The maximum atomic E-state index is 11.6. The highest BCUT2D eigenvalue weighted by molar-refractivity contribution is 7.90. The molecule has 1 unspecified atom stereocenters. The van der Waals surface area contributed by atoms with Crippen LogP contribution in [-0.2, 0) is 14.6 Å². The average molecular weight is 269 g/mol. The molecule has 0 radical (unpaired) electrons. The van der Waals surface area contributed by atoms with Crippen LogP contribution in [0, 0.1) is 5.92 Å². The van der Waals surface area contributed by atoms with E-state index in [1.807, 2.05) is 6.07 Å². The minimum absolute atomic E-state index is 0.363. The molecule has 0 aliphatic carbocycles. The first-order valence-corrected chi connectivity index (χ1v) is 8.07. The van der Waals surface area contributed by atoms with Crippen molar-refractivity contribution < 1.29 is 13.2 Å². The minimum Gasteiger partial charge on any atom is -0.384 e. The van der Waals surface area contributed by atoms with E-state index in [0.717, 1.165) is 32.6 Å². The third-order valence-electron chi connectivity index (χ3n) is 3.12. The molecular formula is C13H19NO3S. The number of benzene rings is 1. The van der Waals surface area contributed by atoms with Gasteiger partial charge in [-0.1, -0.05) is 12.1 Å². The summed E-state index contributed by atoms with van der Waals surface area (Å²) in [6, 6.07) is 7.02. The third kappa shape index (κ3) is 3.46. The third-order valence-corrected chi connectivity index (χ3v) is 4.28. The molecule has 4 nitrogen and oxygen atoms in total. The Bertz CT molecular complexity index is 493. The number of hydrogen-bond acceptors (Lipinski definition) is 4. The van der Waals surface area contributed by atoms with Gasteiger partial charge in [0.2, 0.25) is 0 Å². The zero-order chi connectivity index (χ0) is 13.0. The van der Waals surface area contributed by atoms with Gasteiger partial charge >= 0.3 is 0 Å². The first-order valence-electron chi connectivity index (χ1n) is 6.18. The van der Waals surface area contributed by atoms with Crippen molar-refractivity contribution in [3.05, 3.63) is 24.3 Å². The molecule has 0 aromatic heterocycles. The molecule has 0 spiro atoms. The summed E-state index contributed by atoms with van der Waals surface area (Å²) in [7, 11) is -3.18. The minimum atomic E-state index is -3.18. The molecule has 1 aromatic carbocycles. The highest BCUT2D eigenvalue weighted by Gasteiger charge is 2.16. The summed E-state index contributed by atoms with van der Waals surface area (Å²) in [5, 5.41) is 3.23. The molecule has 1 aliphatic heterocycles. The van der Waals surface area contributed by atoms with Crippen LogP contribution in [0.5, 0.6) is 0 Å². The van der Waals surface area contributed by atoms with Crippen molar-refractivity contribution in [2.45, 2.75) is 17.7 Å². The number of nitrogens with one attached hydrogen (secondary N) is 1. The van der Waals surface area contributed by atoms with Crippen molar-refractivity contribution in [3.63, 3.8) is 0 Å². The van der Waals surface area contributed by atoms with Crippen LogP contribution in [0.15, 0.2) is 29.2 Å². The fourth-order valence-electron chi connectivity index (χ4n) is 2.16. The number of ether oxygens (including phenoxy) is 1. The van der Waals surface area contributed by atoms with E-state index < -0.39 is 9.84 Å². The van der Waals surface area contributed by atoms with Crippen LogP contribution in [0.1, 0.15) is 12.8 Å². The van der Waals surface area contributed by atoms with Crippen molar-refractivity contribution >= 4 is 15.5 Å². The predicted octanol–water partition coefficient (Wildman–Crippen LogP) is 1.93. The van der Waals surface area contributed by atoms with E-state index in [-0.39, 0.29) is 0 Å². The molecular weight excluding hydrogens is 250 g/mol. The fraction of sp³-hybridized carbons (Fsp3) is 0.538. The van der Waals surface area contributed by atoms with Crippen LogP contribution in [0.4, 0.5) is 5.69 Å². The quantitative estimate of drug-likeness (QED) is 0.907. The molecule has 1 N–H and O–H groups in total. The van der Waals surface area contributed by atoms with Gasteiger partial charge in [-0.15, -0.1) is 0 Å². The van der Waals surface area contributed by atoms with Gasteiger partial charge in [-0.05, 0) is 30.9 Å². The molecule has 1 aromatic rings. The lowest BCUT2D eigenvalue weighted by Gasteiger charge is -2.23. The molecule has 100 valence electrons. The fourth-order valence-corrected chi connectivity index (χ4v) is 3.02. The Hall–Kier alpha value is -1.07. The Kier molecular flexibility index (Phi) is 4.24. The van der Waals surface area contributed by atoms with Gasteiger partial charge in [-0.3, -0.25) is 0 Å². The Labute approximate surface area is 108 Å². The molecule has 5 heteroatoms. The number of hydrogen-bond donors (Lipinski definition) is 1. The number of sulfone groups is 1. The predicted molar refractivity (Wildman–Crippen MR) is 71.6 cm³/mol. The summed E-state index contributed by atoms with van der Waals surface area (Å²) in [4.78, 5) is 0.363. The first kappa shape index (κ1) is 13.4. The summed E-state index contributed by atoms with van der Waals surface area (Å²) in [5.74, 6) is 0.464. The van der Waals surface area contributed by atoms with Gasteiger partial charge in [-0.25, -0.2) is 8.42 Å². The molecule has 0 amide bonds. The average Bonchev–Trinajstić information content (AvgIpc) is 2.37. The van der Waals surface area contributed by atoms with Gasteiger partial charge in [0.15, 0.2) is 9.84 Å². The zero-order valence-electron chi connectivity index (χ0n) is 10.6. The van der Waals surface area contributed by atoms with E-state index in [1.54, 1.807) is 18.2 Å². The van der Waals surface area contributed by atoms with E-state index in [9.17, 15) is 8.42 Å². The topological polar surface area (TPSA) is 55.4 Å². The summed E-state index contributed by atoms with van der Waals surface area (Å²) >= 11 is 0. The molecule has 18 heavy (non-hydrogen) atoms. The van der Waals surface area contributed by atoms with E-state index >= 15 is 0 Å². The summed E-state index contributed by atoms with van der Waals surface area (Å²) in [6.45, 7) is 2.36. The SMILES string of the molecule is CS(=O)(=O)c1ccccc1NCC1CCCOC1. The van der Waals surface area contributed by atoms with E-state index in [0.29, 0.717) is 16.5 Å². The molecule has 1 saturated heterocycles. The number of para-hydroxylation sites is 1. The Morgan fingerprint density at radius 1 is 1.39 bits per heavy atom. The van der Waals surface area contributed by atoms with Crippen molar-refractivity contribution in [3.8, 4) is 0 Å². The van der Waals surface area contributed by atoms with Gasteiger partial charge in [0.05, 0.1) is 17.2 Å². The standard InChI is InChI=1S/C13H19NO3S/c1-18(15,16)13-7-3-2-6-12(13)14-9-11-5-4-8-17-10-11/h2-3,6-7,11,14H,4-5,8-10H2,1H3. The van der Waals surface area contributed by atoms with Crippen molar-refractivity contribution in [2.24, 2.45) is 5.92 Å². The maximum absolute atomic E-state index is 11.6. The molecule has 2 rings (SSSR count). The second kappa shape index (κ2) is 5.71. The van der Waals surface area contributed by atoms with E-state index in [1.165, 1.54) is 6.26 Å². The number of anilines is 1.